The van der Waals surface area contributed by atoms with Gasteiger partial charge >= 0.3 is 0 Å². The Labute approximate surface area is 149 Å². The summed E-state index contributed by atoms with van der Waals surface area (Å²) in [5.41, 5.74) is 3.14. The molecule has 0 fully saturated rings. The van der Waals surface area contributed by atoms with Gasteiger partial charge in [0.15, 0.2) is 0 Å². The predicted octanol–water partition coefficient (Wildman–Crippen LogP) is 4.71. The molecule has 0 aromatic heterocycles. The van der Waals surface area contributed by atoms with Gasteiger partial charge in [-0.2, -0.15) is 0 Å². The minimum absolute atomic E-state index is 0.0110. The highest BCUT2D eigenvalue weighted by atomic mass is 35.5. The van der Waals surface area contributed by atoms with Gasteiger partial charge in [-0.1, -0.05) is 62.7 Å². The van der Waals surface area contributed by atoms with Crippen molar-refractivity contribution < 1.29 is 4.79 Å². The maximum Gasteiger partial charge on any atom is 0.238 e. The molecule has 3 nitrogen and oxygen atoms in total. The van der Waals surface area contributed by atoms with Crippen molar-refractivity contribution in [3.63, 3.8) is 0 Å². The minimum Gasteiger partial charge on any atom is -0.325 e. The van der Waals surface area contributed by atoms with Gasteiger partial charge in [0.1, 0.15) is 0 Å². The largest absolute Gasteiger partial charge is 0.325 e. The Balaban J connectivity index is 1.97. The second-order valence-corrected chi connectivity index (χ2v) is 7.58. The van der Waals surface area contributed by atoms with Crippen LogP contribution in [0.1, 0.15) is 31.9 Å². The maximum atomic E-state index is 12.4. The average molecular weight is 345 g/mol. The zero-order chi connectivity index (χ0) is 17.7. The van der Waals surface area contributed by atoms with Crippen LogP contribution >= 0.6 is 11.6 Å². The monoisotopic (exact) mass is 344 g/mol. The number of nitrogens with zero attached hydrogens (tertiary/aromatic N) is 1. The molecule has 4 heteroatoms. The average Bonchev–Trinajstić information content (AvgIpc) is 2.49. The summed E-state index contributed by atoms with van der Waals surface area (Å²) < 4.78 is 0. The van der Waals surface area contributed by atoms with E-state index in [0.717, 1.165) is 21.8 Å². The van der Waals surface area contributed by atoms with E-state index < -0.39 is 0 Å². The van der Waals surface area contributed by atoms with Gasteiger partial charge in [-0.05, 0) is 41.8 Å². The normalized spacial score (nSPS) is 11.6. The van der Waals surface area contributed by atoms with E-state index in [9.17, 15) is 4.79 Å². The molecular formula is C20H25ClN2O. The summed E-state index contributed by atoms with van der Waals surface area (Å²) in [7, 11) is 1.93. The van der Waals surface area contributed by atoms with Crippen molar-refractivity contribution in [1.29, 1.82) is 0 Å². The molecule has 0 atom stereocenters. The molecule has 0 saturated carbocycles. The Morgan fingerprint density at radius 3 is 2.33 bits per heavy atom. The Morgan fingerprint density at radius 1 is 1.08 bits per heavy atom. The van der Waals surface area contributed by atoms with E-state index in [0.29, 0.717) is 13.1 Å². The molecule has 1 amide bonds. The fourth-order valence-electron chi connectivity index (χ4n) is 2.64. The van der Waals surface area contributed by atoms with E-state index in [-0.39, 0.29) is 11.3 Å². The maximum absolute atomic E-state index is 12.4. The van der Waals surface area contributed by atoms with Gasteiger partial charge in [-0.25, -0.2) is 0 Å². The number of amides is 1. The lowest BCUT2D eigenvalue weighted by molar-refractivity contribution is -0.117. The smallest absolute Gasteiger partial charge is 0.238 e. The van der Waals surface area contributed by atoms with Crippen molar-refractivity contribution in [2.45, 2.75) is 32.7 Å². The molecule has 0 heterocycles. The molecule has 0 aliphatic carbocycles. The van der Waals surface area contributed by atoms with Crippen molar-refractivity contribution in [2.75, 3.05) is 18.9 Å². The van der Waals surface area contributed by atoms with Gasteiger partial charge in [-0.3, -0.25) is 9.69 Å². The molecule has 0 spiro atoms. The van der Waals surface area contributed by atoms with E-state index in [1.807, 2.05) is 54.4 Å². The number of carbonyl (C=O) groups excluding carboxylic acids is 1. The molecule has 2 aromatic carbocycles. The Kier molecular flexibility index (Phi) is 6.03. The number of para-hydroxylation sites is 1. The molecule has 0 aliphatic rings. The number of carbonyl (C=O) groups is 1. The minimum atomic E-state index is -0.0148. The fourth-order valence-corrected chi connectivity index (χ4v) is 2.76. The molecule has 128 valence electrons. The summed E-state index contributed by atoms with van der Waals surface area (Å²) in [6.07, 6.45) is 0. The molecule has 24 heavy (non-hydrogen) atoms. The first kappa shape index (κ1) is 18.5. The number of likely N-dealkylation sites (N-methyl/N-ethyl adjacent to an activating group) is 1. The number of anilines is 1. The van der Waals surface area contributed by atoms with Gasteiger partial charge in [0.05, 0.1) is 6.54 Å². The number of hydrogen-bond donors (Lipinski definition) is 1. The lowest BCUT2D eigenvalue weighted by atomic mass is 9.86. The van der Waals surface area contributed by atoms with Gasteiger partial charge in [-0.15, -0.1) is 0 Å². The van der Waals surface area contributed by atoms with Crippen LogP contribution < -0.4 is 5.32 Å². The van der Waals surface area contributed by atoms with Crippen molar-refractivity contribution in [2.24, 2.45) is 0 Å². The van der Waals surface area contributed by atoms with Crippen LogP contribution in [-0.2, 0) is 16.8 Å². The Bertz CT molecular complexity index is 690. The van der Waals surface area contributed by atoms with Crippen LogP contribution in [0.3, 0.4) is 0 Å². The highest BCUT2D eigenvalue weighted by Gasteiger charge is 2.18. The summed E-state index contributed by atoms with van der Waals surface area (Å²) >= 11 is 5.90. The van der Waals surface area contributed by atoms with Crippen LogP contribution in [0.25, 0.3) is 0 Å². The summed E-state index contributed by atoms with van der Waals surface area (Å²) in [6.45, 7) is 7.46. The first-order valence-corrected chi connectivity index (χ1v) is 8.46. The van der Waals surface area contributed by atoms with Gasteiger partial charge in [0.25, 0.3) is 0 Å². The van der Waals surface area contributed by atoms with Crippen LogP contribution in [0.15, 0.2) is 48.5 Å². The van der Waals surface area contributed by atoms with Crippen LogP contribution in [0.4, 0.5) is 5.69 Å². The van der Waals surface area contributed by atoms with E-state index >= 15 is 0 Å². The summed E-state index contributed by atoms with van der Waals surface area (Å²) in [6, 6.07) is 15.7. The molecule has 1 N–H and O–H groups in total. The molecule has 0 unspecified atom stereocenters. The SMILES string of the molecule is CN(CC(=O)Nc1ccccc1C(C)(C)C)Cc1ccc(Cl)cc1. The van der Waals surface area contributed by atoms with Crippen molar-refractivity contribution in [3.8, 4) is 0 Å². The molecule has 2 aromatic rings. The lowest BCUT2D eigenvalue weighted by Gasteiger charge is -2.23. The van der Waals surface area contributed by atoms with Gasteiger partial charge in [0.2, 0.25) is 5.91 Å². The predicted molar refractivity (Wildman–Crippen MR) is 102 cm³/mol. The first-order valence-electron chi connectivity index (χ1n) is 8.08. The van der Waals surface area contributed by atoms with Crippen LogP contribution in [0, 0.1) is 0 Å². The van der Waals surface area contributed by atoms with Crippen LogP contribution in [-0.4, -0.2) is 24.4 Å². The standard InChI is InChI=1S/C20H25ClN2O/c1-20(2,3)17-7-5-6-8-18(17)22-19(24)14-23(4)13-15-9-11-16(21)12-10-15/h5-12H,13-14H2,1-4H3,(H,22,24). The molecule has 0 saturated heterocycles. The van der Waals surface area contributed by atoms with Crippen LogP contribution in [0.5, 0.6) is 0 Å². The van der Waals surface area contributed by atoms with Crippen molar-refractivity contribution >= 4 is 23.2 Å². The van der Waals surface area contributed by atoms with Gasteiger partial charge in [0, 0.05) is 17.3 Å². The molecule has 0 aliphatic heterocycles. The second kappa shape index (κ2) is 7.82. The third-order valence-electron chi connectivity index (χ3n) is 3.79. The third kappa shape index (κ3) is 5.36. The first-order chi connectivity index (χ1) is 11.3. The number of benzene rings is 2. The third-order valence-corrected chi connectivity index (χ3v) is 4.04. The molecule has 0 bridgehead atoms. The zero-order valence-corrected chi connectivity index (χ0v) is 15.5. The highest BCUT2D eigenvalue weighted by molar-refractivity contribution is 6.30. The zero-order valence-electron chi connectivity index (χ0n) is 14.8. The number of hydrogen-bond acceptors (Lipinski definition) is 2. The summed E-state index contributed by atoms with van der Waals surface area (Å²) in [5, 5.41) is 3.76. The van der Waals surface area contributed by atoms with Gasteiger partial charge < -0.3 is 5.32 Å². The number of rotatable bonds is 5. The summed E-state index contributed by atoms with van der Waals surface area (Å²) in [5.74, 6) is -0.0110. The molecular weight excluding hydrogens is 320 g/mol. The quantitative estimate of drug-likeness (QED) is 0.852. The van der Waals surface area contributed by atoms with Crippen LogP contribution in [0.2, 0.25) is 5.02 Å². The fraction of sp³-hybridized carbons (Fsp3) is 0.350. The highest BCUT2D eigenvalue weighted by Crippen LogP contribution is 2.29. The topological polar surface area (TPSA) is 32.3 Å². The van der Waals surface area contributed by atoms with E-state index in [1.54, 1.807) is 0 Å². The molecule has 2 rings (SSSR count). The lowest BCUT2D eigenvalue weighted by Crippen LogP contribution is -2.30. The Morgan fingerprint density at radius 2 is 1.71 bits per heavy atom. The number of nitrogens with one attached hydrogen (secondary N) is 1. The van der Waals surface area contributed by atoms with Crippen molar-refractivity contribution in [1.82, 2.24) is 4.90 Å². The number of halogens is 1. The Hall–Kier alpha value is -1.84. The summed E-state index contributed by atoms with van der Waals surface area (Å²) in [4.78, 5) is 14.4. The second-order valence-electron chi connectivity index (χ2n) is 7.14. The molecule has 0 radical (unpaired) electrons. The van der Waals surface area contributed by atoms with E-state index in [2.05, 4.69) is 32.2 Å². The van der Waals surface area contributed by atoms with E-state index in [1.165, 1.54) is 0 Å². The van der Waals surface area contributed by atoms with Crippen molar-refractivity contribution in [3.05, 3.63) is 64.7 Å². The van der Waals surface area contributed by atoms with E-state index in [4.69, 9.17) is 11.6 Å².